The highest BCUT2D eigenvalue weighted by atomic mass is 19.1. The zero-order valence-corrected chi connectivity index (χ0v) is 14.3. The van der Waals surface area contributed by atoms with Crippen LogP contribution in [0, 0.1) is 26.6 Å². The van der Waals surface area contributed by atoms with Crippen LogP contribution in [0.3, 0.4) is 0 Å². The van der Waals surface area contributed by atoms with Crippen LogP contribution in [-0.2, 0) is 7.05 Å². The van der Waals surface area contributed by atoms with Crippen molar-refractivity contribution in [2.75, 3.05) is 5.32 Å². The van der Waals surface area contributed by atoms with Crippen molar-refractivity contribution in [3.63, 3.8) is 0 Å². The second-order valence-corrected chi connectivity index (χ2v) is 5.88. The van der Waals surface area contributed by atoms with Gasteiger partial charge in [0.15, 0.2) is 11.4 Å². The number of nitrogens with zero attached hydrogens (tertiary/aromatic N) is 4. The van der Waals surface area contributed by atoms with Gasteiger partial charge in [0, 0.05) is 12.6 Å². The van der Waals surface area contributed by atoms with E-state index in [4.69, 9.17) is 0 Å². The van der Waals surface area contributed by atoms with Crippen molar-refractivity contribution in [1.82, 2.24) is 19.6 Å². The molecule has 130 valence electrons. The minimum absolute atomic E-state index is 0.123. The molecule has 3 rings (SSSR count). The van der Waals surface area contributed by atoms with Crippen LogP contribution < -0.4 is 5.32 Å². The first-order chi connectivity index (χ1) is 11.8. The van der Waals surface area contributed by atoms with E-state index in [1.807, 2.05) is 13.8 Å². The van der Waals surface area contributed by atoms with E-state index in [-0.39, 0.29) is 17.3 Å². The lowest BCUT2D eigenvalue weighted by Crippen LogP contribution is -2.16. The SMILES string of the molecule is Cc1cc(F)ccc1-n1cc(O)c(C(=O)Nc2c(C)c(C)nn2C)n1. The third-order valence-electron chi connectivity index (χ3n) is 4.07. The molecule has 2 heterocycles. The van der Waals surface area contributed by atoms with E-state index < -0.39 is 5.91 Å². The molecule has 0 fully saturated rings. The van der Waals surface area contributed by atoms with E-state index in [1.165, 1.54) is 29.1 Å². The maximum atomic E-state index is 13.2. The Morgan fingerprint density at radius 3 is 2.56 bits per heavy atom. The third kappa shape index (κ3) is 2.98. The predicted molar refractivity (Wildman–Crippen MR) is 90.6 cm³/mol. The van der Waals surface area contributed by atoms with Crippen LogP contribution in [0.4, 0.5) is 10.2 Å². The first-order valence-electron chi connectivity index (χ1n) is 7.64. The molecule has 3 aromatic rings. The van der Waals surface area contributed by atoms with Crippen molar-refractivity contribution in [3.8, 4) is 11.4 Å². The molecule has 0 saturated heterocycles. The number of carbonyl (C=O) groups excluding carboxylic acids is 1. The fourth-order valence-electron chi connectivity index (χ4n) is 2.63. The van der Waals surface area contributed by atoms with Gasteiger partial charge in [0.05, 0.1) is 17.6 Å². The third-order valence-corrected chi connectivity index (χ3v) is 4.07. The summed E-state index contributed by atoms with van der Waals surface area (Å²) in [6.45, 7) is 5.41. The van der Waals surface area contributed by atoms with Crippen LogP contribution in [0.5, 0.6) is 5.75 Å². The zero-order chi connectivity index (χ0) is 18.3. The van der Waals surface area contributed by atoms with E-state index >= 15 is 0 Å². The number of hydrogen-bond donors (Lipinski definition) is 2. The summed E-state index contributed by atoms with van der Waals surface area (Å²) >= 11 is 0. The van der Waals surface area contributed by atoms with Gasteiger partial charge in [-0.2, -0.15) is 10.2 Å². The fourth-order valence-corrected chi connectivity index (χ4v) is 2.63. The van der Waals surface area contributed by atoms with E-state index in [2.05, 4.69) is 15.5 Å². The number of halogens is 1. The lowest BCUT2D eigenvalue weighted by atomic mass is 10.2. The predicted octanol–water partition coefficient (Wildman–Crippen LogP) is 2.63. The summed E-state index contributed by atoms with van der Waals surface area (Å²) in [5, 5.41) is 21.2. The molecule has 7 nitrogen and oxygen atoms in total. The zero-order valence-electron chi connectivity index (χ0n) is 14.3. The van der Waals surface area contributed by atoms with Crippen LogP contribution in [0.25, 0.3) is 5.69 Å². The molecule has 8 heteroatoms. The van der Waals surface area contributed by atoms with Crippen LogP contribution in [0.2, 0.25) is 0 Å². The molecule has 0 atom stereocenters. The molecule has 25 heavy (non-hydrogen) atoms. The minimum Gasteiger partial charge on any atom is -0.504 e. The van der Waals surface area contributed by atoms with Gasteiger partial charge in [-0.15, -0.1) is 0 Å². The average Bonchev–Trinajstić information content (AvgIpc) is 3.02. The molecule has 2 N–H and O–H groups in total. The molecule has 1 aromatic carbocycles. The number of nitrogens with one attached hydrogen (secondary N) is 1. The van der Waals surface area contributed by atoms with Gasteiger partial charge in [-0.1, -0.05) is 0 Å². The monoisotopic (exact) mass is 343 g/mol. The number of anilines is 1. The van der Waals surface area contributed by atoms with Gasteiger partial charge in [0.25, 0.3) is 5.91 Å². The number of aryl methyl sites for hydroxylation is 3. The molecule has 0 aliphatic carbocycles. The molecular formula is C17H18FN5O2. The van der Waals surface area contributed by atoms with Crippen molar-refractivity contribution in [2.24, 2.45) is 7.05 Å². The van der Waals surface area contributed by atoms with Gasteiger partial charge in [-0.25, -0.2) is 9.07 Å². The number of aromatic hydroxyl groups is 1. The molecule has 0 unspecified atom stereocenters. The Bertz CT molecular complexity index is 974. The van der Waals surface area contributed by atoms with Gasteiger partial charge in [-0.05, 0) is 44.5 Å². The lowest BCUT2D eigenvalue weighted by Gasteiger charge is -2.06. The Morgan fingerprint density at radius 2 is 1.96 bits per heavy atom. The van der Waals surface area contributed by atoms with Crippen molar-refractivity contribution < 1.29 is 14.3 Å². The quantitative estimate of drug-likeness (QED) is 0.765. The maximum absolute atomic E-state index is 13.2. The molecule has 2 aromatic heterocycles. The summed E-state index contributed by atoms with van der Waals surface area (Å²) in [4.78, 5) is 12.5. The van der Waals surface area contributed by atoms with Gasteiger partial charge in [-0.3, -0.25) is 9.48 Å². The molecule has 0 radical (unpaired) electrons. The molecule has 1 amide bonds. The molecule has 0 saturated carbocycles. The molecular weight excluding hydrogens is 325 g/mol. The number of benzene rings is 1. The Balaban J connectivity index is 1.93. The van der Waals surface area contributed by atoms with Gasteiger partial charge in [0.2, 0.25) is 0 Å². The standard InChI is InChI=1S/C17H18FN5O2/c1-9-7-12(18)5-6-13(9)23-8-14(24)15(21-23)17(25)19-16-10(2)11(3)20-22(16)4/h5-8,24H,1-4H3,(H,19,25). The molecule has 0 bridgehead atoms. The highest BCUT2D eigenvalue weighted by Gasteiger charge is 2.20. The number of amides is 1. The van der Waals surface area contributed by atoms with Gasteiger partial charge >= 0.3 is 0 Å². The second kappa shape index (κ2) is 6.04. The first kappa shape index (κ1) is 16.7. The van der Waals surface area contributed by atoms with Gasteiger partial charge < -0.3 is 10.4 Å². The van der Waals surface area contributed by atoms with Crippen LogP contribution in [0.1, 0.15) is 27.3 Å². The van der Waals surface area contributed by atoms with E-state index in [0.29, 0.717) is 17.1 Å². The van der Waals surface area contributed by atoms with E-state index in [1.54, 1.807) is 18.7 Å². The van der Waals surface area contributed by atoms with Crippen molar-refractivity contribution in [1.29, 1.82) is 0 Å². The lowest BCUT2D eigenvalue weighted by molar-refractivity contribution is 0.101. The molecule has 0 spiro atoms. The Morgan fingerprint density at radius 1 is 1.24 bits per heavy atom. The van der Waals surface area contributed by atoms with Crippen LogP contribution in [-0.4, -0.2) is 30.6 Å². The number of hydrogen-bond acceptors (Lipinski definition) is 4. The summed E-state index contributed by atoms with van der Waals surface area (Å²) in [6, 6.07) is 4.19. The summed E-state index contributed by atoms with van der Waals surface area (Å²) < 4.78 is 16.1. The van der Waals surface area contributed by atoms with E-state index in [0.717, 1.165) is 11.3 Å². The van der Waals surface area contributed by atoms with E-state index in [9.17, 15) is 14.3 Å². The summed E-state index contributed by atoms with van der Waals surface area (Å²) in [5.74, 6) is -0.646. The van der Waals surface area contributed by atoms with Crippen molar-refractivity contribution in [3.05, 3.63) is 52.7 Å². The topological polar surface area (TPSA) is 85.0 Å². The Labute approximate surface area is 143 Å². The fraction of sp³-hybridized carbons (Fsp3) is 0.235. The summed E-state index contributed by atoms with van der Waals surface area (Å²) in [5.41, 5.74) is 2.72. The van der Waals surface area contributed by atoms with Gasteiger partial charge in [0.1, 0.15) is 11.6 Å². The molecule has 0 aliphatic rings. The largest absolute Gasteiger partial charge is 0.504 e. The normalized spacial score (nSPS) is 10.9. The highest BCUT2D eigenvalue weighted by Crippen LogP contribution is 2.23. The summed E-state index contributed by atoms with van der Waals surface area (Å²) in [6.07, 6.45) is 1.32. The minimum atomic E-state index is -0.554. The highest BCUT2D eigenvalue weighted by molar-refractivity contribution is 6.04. The number of aromatic nitrogens is 4. The smallest absolute Gasteiger partial charge is 0.281 e. The van der Waals surface area contributed by atoms with Crippen LogP contribution in [0.15, 0.2) is 24.4 Å². The molecule has 0 aliphatic heterocycles. The second-order valence-electron chi connectivity index (χ2n) is 5.88. The first-order valence-corrected chi connectivity index (χ1v) is 7.64. The Hall–Kier alpha value is -3.16. The van der Waals surface area contributed by atoms with Crippen molar-refractivity contribution >= 4 is 11.7 Å². The number of rotatable bonds is 3. The van der Waals surface area contributed by atoms with Crippen LogP contribution >= 0.6 is 0 Å². The van der Waals surface area contributed by atoms with Crippen molar-refractivity contribution in [2.45, 2.75) is 20.8 Å². The average molecular weight is 343 g/mol. The number of carbonyl (C=O) groups is 1. The summed E-state index contributed by atoms with van der Waals surface area (Å²) in [7, 11) is 1.72. The maximum Gasteiger partial charge on any atom is 0.281 e. The Kier molecular flexibility index (Phi) is 4.03.